The number of aryl methyl sites for hydroxylation is 2. The molecule has 0 spiro atoms. The minimum absolute atomic E-state index is 0.124. The zero-order chi connectivity index (χ0) is 12.4. The molecule has 0 saturated carbocycles. The molecule has 1 saturated heterocycles. The quantitative estimate of drug-likeness (QED) is 0.720. The molecule has 2 rings (SSSR count). The number of amides is 1. The van der Waals surface area contributed by atoms with Gasteiger partial charge >= 0.3 is 0 Å². The van der Waals surface area contributed by atoms with Gasteiger partial charge in [0.1, 0.15) is 11.7 Å². The SMILES string of the molecule is Cc1cc(C(=O)N2CCNCC2C#N)n(C)n1. The van der Waals surface area contributed by atoms with Crippen LogP contribution in [0, 0.1) is 18.3 Å². The van der Waals surface area contributed by atoms with Crippen molar-refractivity contribution in [3.8, 4) is 6.07 Å². The number of piperazine rings is 1. The number of carbonyl (C=O) groups excluding carboxylic acids is 1. The van der Waals surface area contributed by atoms with E-state index in [9.17, 15) is 4.79 Å². The van der Waals surface area contributed by atoms with E-state index >= 15 is 0 Å². The van der Waals surface area contributed by atoms with Gasteiger partial charge in [-0.3, -0.25) is 9.48 Å². The molecule has 1 fully saturated rings. The van der Waals surface area contributed by atoms with Crippen LogP contribution < -0.4 is 5.32 Å². The monoisotopic (exact) mass is 233 g/mol. The fourth-order valence-corrected chi connectivity index (χ4v) is 2.02. The number of hydrogen-bond donors (Lipinski definition) is 1. The van der Waals surface area contributed by atoms with Gasteiger partial charge in [-0.1, -0.05) is 0 Å². The zero-order valence-electron chi connectivity index (χ0n) is 9.97. The predicted octanol–water partition coefficient (Wildman–Crippen LogP) is -0.334. The van der Waals surface area contributed by atoms with E-state index in [1.165, 1.54) is 0 Å². The van der Waals surface area contributed by atoms with Crippen LogP contribution in [0.4, 0.5) is 0 Å². The molecule has 0 radical (unpaired) electrons. The van der Waals surface area contributed by atoms with Crippen LogP contribution in [0.15, 0.2) is 6.07 Å². The number of carbonyl (C=O) groups is 1. The Labute approximate surface area is 99.8 Å². The summed E-state index contributed by atoms with van der Waals surface area (Å²) in [5.41, 5.74) is 1.34. The van der Waals surface area contributed by atoms with Gasteiger partial charge in [0.05, 0.1) is 11.8 Å². The Bertz CT molecular complexity index is 473. The van der Waals surface area contributed by atoms with E-state index in [0.717, 1.165) is 12.2 Å². The standard InChI is InChI=1S/C11H15N5O/c1-8-5-10(15(2)14-8)11(17)16-4-3-13-7-9(16)6-12/h5,9,13H,3-4,7H2,1-2H3. The molecule has 6 heteroatoms. The fourth-order valence-electron chi connectivity index (χ4n) is 2.02. The predicted molar refractivity (Wildman–Crippen MR) is 61.3 cm³/mol. The lowest BCUT2D eigenvalue weighted by Crippen LogP contribution is -2.53. The third kappa shape index (κ3) is 2.15. The first-order valence-corrected chi connectivity index (χ1v) is 5.55. The van der Waals surface area contributed by atoms with E-state index in [4.69, 9.17) is 5.26 Å². The molecule has 2 heterocycles. The van der Waals surface area contributed by atoms with Crippen molar-refractivity contribution in [2.45, 2.75) is 13.0 Å². The van der Waals surface area contributed by atoms with Gasteiger partial charge in [0.15, 0.2) is 0 Å². The summed E-state index contributed by atoms with van der Waals surface area (Å²) in [6.45, 7) is 3.65. The molecular formula is C11H15N5O. The Kier molecular flexibility index (Phi) is 3.11. The van der Waals surface area contributed by atoms with Gasteiger partial charge in [-0.15, -0.1) is 0 Å². The second-order valence-corrected chi connectivity index (χ2v) is 4.14. The van der Waals surface area contributed by atoms with Crippen LogP contribution in [0.1, 0.15) is 16.2 Å². The Morgan fingerprint density at radius 1 is 1.71 bits per heavy atom. The van der Waals surface area contributed by atoms with Crippen LogP contribution >= 0.6 is 0 Å². The highest BCUT2D eigenvalue weighted by Crippen LogP contribution is 2.11. The van der Waals surface area contributed by atoms with Crippen molar-refractivity contribution in [3.05, 3.63) is 17.5 Å². The molecule has 1 unspecified atom stereocenters. The third-order valence-corrected chi connectivity index (χ3v) is 2.87. The number of nitriles is 1. The maximum Gasteiger partial charge on any atom is 0.273 e. The molecule has 0 aliphatic carbocycles. The highest BCUT2D eigenvalue weighted by atomic mass is 16.2. The Balaban J connectivity index is 2.24. The van der Waals surface area contributed by atoms with Gasteiger partial charge in [-0.05, 0) is 13.0 Å². The van der Waals surface area contributed by atoms with Crippen molar-refractivity contribution >= 4 is 5.91 Å². The lowest BCUT2D eigenvalue weighted by atomic mass is 10.2. The molecule has 6 nitrogen and oxygen atoms in total. The van der Waals surface area contributed by atoms with Crippen molar-refractivity contribution in [1.82, 2.24) is 20.0 Å². The summed E-state index contributed by atoms with van der Waals surface area (Å²) in [6, 6.07) is 3.50. The molecule has 90 valence electrons. The van der Waals surface area contributed by atoms with Gasteiger partial charge in [-0.25, -0.2) is 0 Å². The van der Waals surface area contributed by atoms with Gasteiger partial charge in [0, 0.05) is 26.7 Å². The topological polar surface area (TPSA) is 74.0 Å². The van der Waals surface area contributed by atoms with E-state index in [2.05, 4.69) is 16.5 Å². The van der Waals surface area contributed by atoms with Gasteiger partial charge in [0.2, 0.25) is 0 Å². The van der Waals surface area contributed by atoms with Gasteiger partial charge in [0.25, 0.3) is 5.91 Å². The van der Waals surface area contributed by atoms with Crippen molar-refractivity contribution in [2.24, 2.45) is 7.05 Å². The molecule has 1 amide bonds. The van der Waals surface area contributed by atoms with E-state index in [0.29, 0.717) is 18.8 Å². The smallest absolute Gasteiger partial charge is 0.273 e. The minimum atomic E-state index is -0.397. The second-order valence-electron chi connectivity index (χ2n) is 4.14. The molecule has 1 aromatic heterocycles. The minimum Gasteiger partial charge on any atom is -0.319 e. The van der Waals surface area contributed by atoms with Crippen LogP contribution in [-0.2, 0) is 7.05 Å². The van der Waals surface area contributed by atoms with Gasteiger partial charge in [-0.2, -0.15) is 10.4 Å². The van der Waals surface area contributed by atoms with Crippen molar-refractivity contribution in [2.75, 3.05) is 19.6 Å². The first-order chi connectivity index (χ1) is 8.13. The van der Waals surface area contributed by atoms with E-state index in [1.807, 2.05) is 6.92 Å². The fraction of sp³-hybridized carbons (Fsp3) is 0.545. The van der Waals surface area contributed by atoms with E-state index in [1.54, 1.807) is 22.7 Å². The van der Waals surface area contributed by atoms with Crippen LogP contribution in [-0.4, -0.2) is 46.3 Å². The summed E-state index contributed by atoms with van der Waals surface area (Å²) in [6.07, 6.45) is 0. The Morgan fingerprint density at radius 2 is 2.47 bits per heavy atom. The normalized spacial score (nSPS) is 20.1. The number of nitrogens with zero attached hydrogens (tertiary/aromatic N) is 4. The lowest BCUT2D eigenvalue weighted by molar-refractivity contribution is 0.0676. The molecule has 1 aliphatic heterocycles. The summed E-state index contributed by atoms with van der Waals surface area (Å²) in [7, 11) is 1.74. The molecule has 1 N–H and O–H groups in total. The van der Waals surface area contributed by atoms with Crippen molar-refractivity contribution in [3.63, 3.8) is 0 Å². The Morgan fingerprint density at radius 3 is 3.06 bits per heavy atom. The van der Waals surface area contributed by atoms with Gasteiger partial charge < -0.3 is 10.2 Å². The number of nitrogens with one attached hydrogen (secondary N) is 1. The highest BCUT2D eigenvalue weighted by Gasteiger charge is 2.28. The Hall–Kier alpha value is -1.87. The summed E-state index contributed by atoms with van der Waals surface area (Å²) >= 11 is 0. The van der Waals surface area contributed by atoms with Crippen molar-refractivity contribution in [1.29, 1.82) is 5.26 Å². The average Bonchev–Trinajstić information content (AvgIpc) is 2.67. The number of aromatic nitrogens is 2. The van der Waals surface area contributed by atoms with Crippen molar-refractivity contribution < 1.29 is 4.79 Å². The third-order valence-electron chi connectivity index (χ3n) is 2.87. The molecule has 0 bridgehead atoms. The number of rotatable bonds is 1. The first kappa shape index (κ1) is 11.6. The lowest BCUT2D eigenvalue weighted by Gasteiger charge is -2.31. The first-order valence-electron chi connectivity index (χ1n) is 5.55. The van der Waals surface area contributed by atoms with Crippen LogP contribution in [0.2, 0.25) is 0 Å². The largest absolute Gasteiger partial charge is 0.319 e. The molecular weight excluding hydrogens is 218 g/mol. The van der Waals surface area contributed by atoms with E-state index in [-0.39, 0.29) is 5.91 Å². The average molecular weight is 233 g/mol. The molecule has 0 aromatic carbocycles. The summed E-state index contributed by atoms with van der Waals surface area (Å²) in [4.78, 5) is 13.9. The van der Waals surface area contributed by atoms with Crippen LogP contribution in [0.25, 0.3) is 0 Å². The maximum absolute atomic E-state index is 12.3. The number of hydrogen-bond acceptors (Lipinski definition) is 4. The maximum atomic E-state index is 12.3. The summed E-state index contributed by atoms with van der Waals surface area (Å²) < 4.78 is 1.56. The van der Waals surface area contributed by atoms with E-state index < -0.39 is 6.04 Å². The van der Waals surface area contributed by atoms with Crippen LogP contribution in [0.5, 0.6) is 0 Å². The highest BCUT2D eigenvalue weighted by molar-refractivity contribution is 5.93. The molecule has 1 aliphatic rings. The molecule has 1 atom stereocenters. The van der Waals surface area contributed by atoms with Crippen LogP contribution in [0.3, 0.4) is 0 Å². The summed E-state index contributed by atoms with van der Waals surface area (Å²) in [5.74, 6) is -0.124. The summed E-state index contributed by atoms with van der Waals surface area (Å²) in [5, 5.41) is 16.3. The second kappa shape index (κ2) is 4.55. The molecule has 17 heavy (non-hydrogen) atoms. The molecule has 1 aromatic rings. The zero-order valence-corrected chi connectivity index (χ0v) is 9.97.